The Hall–Kier alpha value is -3.02. The van der Waals surface area contributed by atoms with Gasteiger partial charge in [-0.2, -0.15) is 0 Å². The number of amides is 1. The summed E-state index contributed by atoms with van der Waals surface area (Å²) in [5, 5.41) is 6.60. The third kappa shape index (κ3) is 3.60. The van der Waals surface area contributed by atoms with Crippen LogP contribution in [0.1, 0.15) is 21.7 Å². The molecule has 0 spiro atoms. The fourth-order valence-electron chi connectivity index (χ4n) is 2.15. The smallest absolute Gasteiger partial charge is 0.295 e. The van der Waals surface area contributed by atoms with Crippen LogP contribution in [0.5, 0.6) is 0 Å². The van der Waals surface area contributed by atoms with Gasteiger partial charge >= 0.3 is 0 Å². The summed E-state index contributed by atoms with van der Waals surface area (Å²) in [6.45, 7) is 2.29. The number of aromatic nitrogens is 3. The summed E-state index contributed by atoms with van der Waals surface area (Å²) in [6.07, 6.45) is 1.48. The van der Waals surface area contributed by atoms with Gasteiger partial charge < -0.3 is 5.32 Å². The first-order valence-electron chi connectivity index (χ1n) is 7.13. The van der Waals surface area contributed by atoms with Crippen LogP contribution in [0, 0.1) is 12.7 Å². The Morgan fingerprint density at radius 3 is 2.74 bits per heavy atom. The lowest BCUT2D eigenvalue weighted by atomic mass is 10.2. The van der Waals surface area contributed by atoms with Gasteiger partial charge in [0.05, 0.1) is 12.2 Å². The second-order valence-corrected chi connectivity index (χ2v) is 5.19. The van der Waals surface area contributed by atoms with Crippen molar-refractivity contribution in [2.75, 3.05) is 5.32 Å². The van der Waals surface area contributed by atoms with E-state index in [0.717, 1.165) is 11.1 Å². The van der Waals surface area contributed by atoms with Gasteiger partial charge in [-0.3, -0.25) is 4.79 Å². The van der Waals surface area contributed by atoms with Gasteiger partial charge in [-0.15, -0.1) is 5.10 Å². The van der Waals surface area contributed by atoms with Crippen LogP contribution in [0.25, 0.3) is 0 Å². The number of halogens is 1. The summed E-state index contributed by atoms with van der Waals surface area (Å²) in [5.74, 6) is -1.03. The average Bonchev–Trinajstić information content (AvgIpc) is 3.00. The predicted octanol–water partition coefficient (Wildman–Crippen LogP) is 3.03. The van der Waals surface area contributed by atoms with Crippen LogP contribution in [0.2, 0.25) is 0 Å². The molecule has 2 aromatic carbocycles. The Morgan fingerprint density at radius 2 is 2.00 bits per heavy atom. The molecule has 23 heavy (non-hydrogen) atoms. The fraction of sp³-hybridized carbons (Fsp3) is 0.118. The number of carbonyl (C=O) groups is 1. The lowest BCUT2D eigenvalue weighted by Gasteiger charge is -2.04. The molecule has 0 atom stereocenters. The molecule has 5 nitrogen and oxygen atoms in total. The molecule has 0 radical (unpaired) electrons. The molecule has 116 valence electrons. The molecule has 1 heterocycles. The van der Waals surface area contributed by atoms with Crippen molar-refractivity contribution in [1.82, 2.24) is 14.8 Å². The van der Waals surface area contributed by atoms with E-state index in [-0.39, 0.29) is 11.5 Å². The first-order valence-corrected chi connectivity index (χ1v) is 7.13. The Kier molecular flexibility index (Phi) is 4.14. The molecule has 1 aromatic heterocycles. The largest absolute Gasteiger partial charge is 0.317 e. The summed E-state index contributed by atoms with van der Waals surface area (Å²) < 4.78 is 15.3. The van der Waals surface area contributed by atoms with E-state index in [2.05, 4.69) is 15.4 Å². The molecule has 0 aliphatic carbocycles. The Balaban J connectivity index is 1.71. The molecule has 6 heteroatoms. The van der Waals surface area contributed by atoms with E-state index in [1.54, 1.807) is 17.7 Å². The second kappa shape index (κ2) is 6.39. The third-order valence-electron chi connectivity index (χ3n) is 3.30. The van der Waals surface area contributed by atoms with E-state index in [4.69, 9.17) is 0 Å². The van der Waals surface area contributed by atoms with Crippen molar-refractivity contribution in [1.29, 1.82) is 0 Å². The Labute approximate surface area is 132 Å². The Morgan fingerprint density at radius 1 is 1.22 bits per heavy atom. The van der Waals surface area contributed by atoms with E-state index < -0.39 is 11.7 Å². The number of nitrogens with one attached hydrogen (secondary N) is 1. The number of nitrogens with zero attached hydrogens (tertiary/aromatic N) is 3. The maximum Gasteiger partial charge on any atom is 0.295 e. The molecule has 0 saturated heterocycles. The van der Waals surface area contributed by atoms with Gasteiger partial charge in [-0.05, 0) is 30.2 Å². The summed E-state index contributed by atoms with van der Waals surface area (Å²) in [4.78, 5) is 16.1. The molecule has 0 bridgehead atoms. The zero-order valence-corrected chi connectivity index (χ0v) is 12.5. The van der Waals surface area contributed by atoms with E-state index in [1.807, 2.05) is 30.3 Å². The standard InChI is InChI=1S/C17H15FN4O/c1-12-7-8-15(14(18)9-12)20-17(23)16-19-11-22(21-16)10-13-5-3-2-4-6-13/h2-9,11H,10H2,1H3,(H,20,23). The highest BCUT2D eigenvalue weighted by atomic mass is 19.1. The summed E-state index contributed by atoms with van der Waals surface area (Å²) in [7, 11) is 0. The first-order chi connectivity index (χ1) is 11.1. The molecule has 0 unspecified atom stereocenters. The highest BCUT2D eigenvalue weighted by molar-refractivity contribution is 6.01. The molecule has 3 rings (SSSR count). The van der Waals surface area contributed by atoms with Crippen LogP contribution < -0.4 is 5.32 Å². The van der Waals surface area contributed by atoms with E-state index >= 15 is 0 Å². The lowest BCUT2D eigenvalue weighted by molar-refractivity contribution is 0.101. The molecule has 0 aliphatic heterocycles. The van der Waals surface area contributed by atoms with Crippen LogP contribution in [-0.4, -0.2) is 20.7 Å². The number of carbonyl (C=O) groups excluding carboxylic acids is 1. The van der Waals surface area contributed by atoms with Gasteiger partial charge in [-0.1, -0.05) is 36.4 Å². The van der Waals surface area contributed by atoms with Crippen LogP contribution in [0.4, 0.5) is 10.1 Å². The fourth-order valence-corrected chi connectivity index (χ4v) is 2.15. The van der Waals surface area contributed by atoms with Gasteiger partial charge in [0.1, 0.15) is 12.1 Å². The number of aryl methyl sites for hydroxylation is 1. The topological polar surface area (TPSA) is 59.8 Å². The molecule has 1 amide bonds. The van der Waals surface area contributed by atoms with Crippen LogP contribution in [-0.2, 0) is 6.54 Å². The zero-order chi connectivity index (χ0) is 16.2. The number of hydrogen-bond acceptors (Lipinski definition) is 3. The minimum absolute atomic E-state index is 0.000839. The van der Waals surface area contributed by atoms with E-state index in [1.165, 1.54) is 18.5 Å². The molecule has 0 saturated carbocycles. The van der Waals surface area contributed by atoms with Crippen molar-refractivity contribution in [3.63, 3.8) is 0 Å². The predicted molar refractivity (Wildman–Crippen MR) is 84.7 cm³/mol. The molecule has 0 aliphatic rings. The maximum absolute atomic E-state index is 13.8. The minimum atomic E-state index is -0.542. The maximum atomic E-state index is 13.8. The van der Waals surface area contributed by atoms with Gasteiger partial charge in [0.15, 0.2) is 0 Å². The Bertz CT molecular complexity index is 830. The van der Waals surface area contributed by atoms with E-state index in [0.29, 0.717) is 6.54 Å². The summed E-state index contributed by atoms with van der Waals surface area (Å²) in [5.41, 5.74) is 1.94. The zero-order valence-electron chi connectivity index (χ0n) is 12.5. The van der Waals surface area contributed by atoms with Gasteiger partial charge in [0.2, 0.25) is 5.82 Å². The SMILES string of the molecule is Cc1ccc(NC(=O)c2ncn(Cc3ccccc3)n2)c(F)c1. The van der Waals surface area contributed by atoms with Crippen molar-refractivity contribution in [2.24, 2.45) is 0 Å². The molecular formula is C17H15FN4O. The molecule has 3 aromatic rings. The van der Waals surface area contributed by atoms with E-state index in [9.17, 15) is 9.18 Å². The van der Waals surface area contributed by atoms with Crippen LogP contribution in [0.3, 0.4) is 0 Å². The normalized spacial score (nSPS) is 10.5. The van der Waals surface area contributed by atoms with Gasteiger partial charge in [0.25, 0.3) is 5.91 Å². The lowest BCUT2D eigenvalue weighted by Crippen LogP contribution is -2.15. The minimum Gasteiger partial charge on any atom is -0.317 e. The highest BCUT2D eigenvalue weighted by Crippen LogP contribution is 2.15. The number of benzene rings is 2. The summed E-state index contributed by atoms with van der Waals surface area (Å²) >= 11 is 0. The monoisotopic (exact) mass is 310 g/mol. The quantitative estimate of drug-likeness (QED) is 0.806. The summed E-state index contributed by atoms with van der Waals surface area (Å²) in [6, 6.07) is 14.3. The molecule has 0 fully saturated rings. The number of hydrogen-bond donors (Lipinski definition) is 1. The van der Waals surface area contributed by atoms with Gasteiger partial charge in [-0.25, -0.2) is 14.1 Å². The molecule has 1 N–H and O–H groups in total. The van der Waals surface area contributed by atoms with Crippen LogP contribution >= 0.6 is 0 Å². The van der Waals surface area contributed by atoms with Crippen LogP contribution in [0.15, 0.2) is 54.9 Å². The van der Waals surface area contributed by atoms with Crippen molar-refractivity contribution in [2.45, 2.75) is 13.5 Å². The average molecular weight is 310 g/mol. The van der Waals surface area contributed by atoms with Crippen molar-refractivity contribution >= 4 is 11.6 Å². The highest BCUT2D eigenvalue weighted by Gasteiger charge is 2.14. The van der Waals surface area contributed by atoms with Crippen molar-refractivity contribution in [3.8, 4) is 0 Å². The van der Waals surface area contributed by atoms with Crippen molar-refractivity contribution < 1.29 is 9.18 Å². The van der Waals surface area contributed by atoms with Crippen molar-refractivity contribution in [3.05, 3.63) is 77.6 Å². The first kappa shape index (κ1) is 14.9. The van der Waals surface area contributed by atoms with Gasteiger partial charge in [0, 0.05) is 0 Å². The number of rotatable bonds is 4. The third-order valence-corrected chi connectivity index (χ3v) is 3.30. The second-order valence-electron chi connectivity index (χ2n) is 5.19. The number of anilines is 1. The molecular weight excluding hydrogens is 295 g/mol.